The van der Waals surface area contributed by atoms with E-state index in [0.29, 0.717) is 0 Å². The molecule has 0 atom stereocenters. The smallest absolute Gasteiger partial charge is 0.0973 e. The van der Waals surface area contributed by atoms with Gasteiger partial charge in [0.2, 0.25) is 0 Å². The van der Waals surface area contributed by atoms with Crippen LogP contribution < -0.4 is 0 Å². The Bertz CT molecular complexity index is 587. The molecule has 0 aliphatic heterocycles. The lowest BCUT2D eigenvalue weighted by molar-refractivity contribution is -0.917. The Kier molecular flexibility index (Phi) is 41.5. The van der Waals surface area contributed by atoms with Gasteiger partial charge in [-0.3, -0.25) is 0 Å². The molecule has 0 aromatic heterocycles. The maximum Gasteiger partial charge on any atom is 0.0973 e. The highest BCUT2D eigenvalue weighted by Gasteiger charge is 2.23. The van der Waals surface area contributed by atoms with Crippen LogP contribution in [-0.4, -0.2) is 35.7 Å². The second kappa shape index (κ2) is 40.8. The summed E-state index contributed by atoms with van der Waals surface area (Å²) in [6.07, 6.45) is 50.6. The molecule has 0 aliphatic rings. The zero-order valence-corrected chi connectivity index (χ0v) is 32.1. The van der Waals surface area contributed by atoms with Crippen LogP contribution in [0.5, 0.6) is 0 Å². The van der Waals surface area contributed by atoms with Gasteiger partial charge in [0.25, 0.3) is 0 Å². The van der Waals surface area contributed by atoms with E-state index in [4.69, 9.17) is 15.3 Å². The Morgan fingerprint density at radius 2 is 0.574 bits per heavy atom. The number of hydrogen-bond donors (Lipinski definition) is 0. The molecule has 5 heteroatoms. The Balaban J connectivity index is 0. The lowest BCUT2D eigenvalue weighted by Gasteiger charge is -2.37. The standard InChI is InChI=1S/C42H84N.NO3/c1-5-9-11-13-15-17-19-21-23-25-27-29-31-33-35-37-41-43(39-7-3,40-8-4)42-38-36-34-32-30-28-26-24-22-20-18-16-14-12-10-6-2;2-1(3)4/h7-8H,3-6,9-42H2,1-2H3;/q+1;-1. The number of unbranched alkanes of at least 4 members (excludes halogenated alkanes) is 30. The van der Waals surface area contributed by atoms with Crippen molar-refractivity contribution in [2.24, 2.45) is 0 Å². The summed E-state index contributed by atoms with van der Waals surface area (Å²) in [6.45, 7) is 17.7. The summed E-state index contributed by atoms with van der Waals surface area (Å²) in [7, 11) is 0. The monoisotopic (exact) mass is 665 g/mol. The van der Waals surface area contributed by atoms with Gasteiger partial charge < -0.3 is 19.8 Å². The summed E-state index contributed by atoms with van der Waals surface area (Å²) in [5.74, 6) is 0. The molecular formula is C42H84N2O3. The molecule has 0 amide bonds. The molecule has 0 fully saturated rings. The van der Waals surface area contributed by atoms with Gasteiger partial charge in [0.15, 0.2) is 0 Å². The fraction of sp³-hybridized carbons (Fsp3) is 0.905. The molecular weight excluding hydrogens is 580 g/mol. The van der Waals surface area contributed by atoms with Gasteiger partial charge >= 0.3 is 0 Å². The second-order valence-electron chi connectivity index (χ2n) is 14.6. The van der Waals surface area contributed by atoms with E-state index < -0.39 is 5.09 Å². The average molecular weight is 665 g/mol. The van der Waals surface area contributed by atoms with Crippen molar-refractivity contribution in [3.05, 3.63) is 40.6 Å². The third-order valence-corrected chi connectivity index (χ3v) is 10.0. The molecule has 0 N–H and O–H groups in total. The molecule has 0 saturated heterocycles. The maximum absolute atomic E-state index is 8.25. The molecule has 0 aromatic rings. The van der Waals surface area contributed by atoms with Crippen LogP contribution in [0.3, 0.4) is 0 Å². The van der Waals surface area contributed by atoms with Crippen LogP contribution in [0.2, 0.25) is 0 Å². The van der Waals surface area contributed by atoms with Crippen LogP contribution in [0.15, 0.2) is 25.3 Å². The van der Waals surface area contributed by atoms with E-state index in [-0.39, 0.29) is 0 Å². The first-order chi connectivity index (χ1) is 23.0. The Morgan fingerprint density at radius 3 is 0.745 bits per heavy atom. The van der Waals surface area contributed by atoms with Crippen LogP contribution in [-0.2, 0) is 0 Å². The fourth-order valence-corrected chi connectivity index (χ4v) is 7.09. The van der Waals surface area contributed by atoms with Gasteiger partial charge in [-0.05, 0) is 37.8 Å². The highest BCUT2D eigenvalue weighted by molar-refractivity contribution is 4.72. The first-order valence-electron chi connectivity index (χ1n) is 20.9. The van der Waals surface area contributed by atoms with Crippen LogP contribution in [0, 0.1) is 15.3 Å². The van der Waals surface area contributed by atoms with E-state index in [0.717, 1.165) is 13.1 Å². The van der Waals surface area contributed by atoms with E-state index >= 15 is 0 Å². The van der Waals surface area contributed by atoms with Crippen molar-refractivity contribution in [3.63, 3.8) is 0 Å². The third kappa shape index (κ3) is 40.7. The summed E-state index contributed by atoms with van der Waals surface area (Å²) in [5, 5.41) is 14.8. The third-order valence-electron chi connectivity index (χ3n) is 10.0. The minimum Gasteiger partial charge on any atom is -0.356 e. The summed E-state index contributed by atoms with van der Waals surface area (Å²) in [6, 6.07) is 0. The van der Waals surface area contributed by atoms with E-state index in [1.54, 1.807) is 0 Å². The zero-order valence-electron chi connectivity index (χ0n) is 32.1. The van der Waals surface area contributed by atoms with Gasteiger partial charge in [-0.15, -0.1) is 0 Å². The van der Waals surface area contributed by atoms with Gasteiger partial charge in [-0.25, -0.2) is 0 Å². The quantitative estimate of drug-likeness (QED) is 0.0217. The highest BCUT2D eigenvalue weighted by atomic mass is 16.9. The van der Waals surface area contributed by atoms with Gasteiger partial charge in [0, 0.05) is 0 Å². The topological polar surface area (TPSA) is 66.2 Å². The average Bonchev–Trinajstić information content (AvgIpc) is 3.04. The van der Waals surface area contributed by atoms with Gasteiger partial charge in [-0.2, -0.15) is 0 Å². The van der Waals surface area contributed by atoms with Crippen molar-refractivity contribution < 1.29 is 9.57 Å². The van der Waals surface area contributed by atoms with E-state index in [1.807, 2.05) is 0 Å². The molecule has 5 nitrogen and oxygen atoms in total. The molecule has 0 rings (SSSR count). The number of quaternary nitrogens is 1. The largest absolute Gasteiger partial charge is 0.356 e. The molecule has 0 heterocycles. The summed E-state index contributed by atoms with van der Waals surface area (Å²) in [5.41, 5.74) is 0. The summed E-state index contributed by atoms with van der Waals surface area (Å²) < 4.78 is 1.20. The Morgan fingerprint density at radius 1 is 0.404 bits per heavy atom. The van der Waals surface area contributed by atoms with E-state index in [1.165, 1.54) is 223 Å². The van der Waals surface area contributed by atoms with E-state index in [2.05, 4.69) is 39.2 Å². The van der Waals surface area contributed by atoms with Crippen LogP contribution in [0.4, 0.5) is 0 Å². The lowest BCUT2D eigenvalue weighted by Crippen LogP contribution is -2.49. The SMILES string of the molecule is C=CC[N+](CC=C)(CCCCCCCCCCCCCCCCCC)CCCCCCCCCCCCCCCCCC.O=[N+]([O-])[O-]. The zero-order chi connectivity index (χ0) is 34.9. The van der Waals surface area contributed by atoms with Crippen molar-refractivity contribution in [2.45, 2.75) is 219 Å². The molecule has 0 unspecified atom stereocenters. The predicted molar refractivity (Wildman–Crippen MR) is 210 cm³/mol. The number of nitrogens with zero attached hydrogens (tertiary/aromatic N) is 2. The number of hydrogen-bond acceptors (Lipinski definition) is 3. The Labute approximate surface area is 295 Å². The van der Waals surface area contributed by atoms with Crippen molar-refractivity contribution in [2.75, 3.05) is 26.2 Å². The first kappa shape index (κ1) is 47.8. The Hall–Kier alpha value is -1.36. The van der Waals surface area contributed by atoms with Gasteiger partial charge in [0.05, 0.1) is 31.3 Å². The molecule has 0 aromatic carbocycles. The predicted octanol–water partition coefficient (Wildman–Crippen LogP) is 14.5. The van der Waals surface area contributed by atoms with Crippen molar-refractivity contribution in [1.29, 1.82) is 0 Å². The van der Waals surface area contributed by atoms with Crippen molar-refractivity contribution >= 4 is 0 Å². The van der Waals surface area contributed by atoms with Crippen molar-refractivity contribution in [3.8, 4) is 0 Å². The fourth-order valence-electron chi connectivity index (χ4n) is 7.09. The van der Waals surface area contributed by atoms with E-state index in [9.17, 15) is 0 Å². The lowest BCUT2D eigenvalue weighted by atomic mass is 10.0. The normalized spacial score (nSPS) is 11.3. The molecule has 0 saturated carbocycles. The number of rotatable bonds is 38. The van der Waals surface area contributed by atoms with Crippen molar-refractivity contribution in [1.82, 2.24) is 0 Å². The van der Waals surface area contributed by atoms with Crippen LogP contribution in [0.1, 0.15) is 219 Å². The molecule has 280 valence electrons. The molecule has 0 spiro atoms. The molecule has 0 radical (unpaired) electrons. The summed E-state index contributed by atoms with van der Waals surface area (Å²) in [4.78, 5) is 8.25. The molecule has 0 aliphatic carbocycles. The van der Waals surface area contributed by atoms with Gasteiger partial charge in [0.1, 0.15) is 0 Å². The second-order valence-corrected chi connectivity index (χ2v) is 14.6. The van der Waals surface area contributed by atoms with Gasteiger partial charge in [-0.1, -0.05) is 207 Å². The molecule has 47 heavy (non-hydrogen) atoms. The van der Waals surface area contributed by atoms with Crippen LogP contribution in [0.25, 0.3) is 0 Å². The minimum absolute atomic E-state index is 1.11. The highest BCUT2D eigenvalue weighted by Crippen LogP contribution is 2.18. The minimum atomic E-state index is -1.75. The van der Waals surface area contributed by atoms with Crippen LogP contribution >= 0.6 is 0 Å². The summed E-state index contributed by atoms with van der Waals surface area (Å²) >= 11 is 0. The maximum atomic E-state index is 8.25. The molecule has 0 bridgehead atoms. The first-order valence-corrected chi connectivity index (χ1v) is 20.9.